The van der Waals surface area contributed by atoms with Crippen LogP contribution in [0.1, 0.15) is 32.6 Å². The number of hydrogen-bond acceptors (Lipinski definition) is 6. The molecule has 0 N–H and O–H groups in total. The third-order valence-corrected chi connectivity index (χ3v) is 5.83. The van der Waals surface area contributed by atoms with Gasteiger partial charge in [0.05, 0.1) is 16.3 Å². The van der Waals surface area contributed by atoms with Gasteiger partial charge in [-0.3, -0.25) is 4.79 Å². The Morgan fingerprint density at radius 1 is 1.25 bits per heavy atom. The summed E-state index contributed by atoms with van der Waals surface area (Å²) in [6.07, 6.45) is 0.954. The molecule has 0 aliphatic heterocycles. The lowest BCUT2D eigenvalue weighted by atomic mass is 10.1. The van der Waals surface area contributed by atoms with Crippen molar-refractivity contribution in [2.75, 3.05) is 5.75 Å². The summed E-state index contributed by atoms with van der Waals surface area (Å²) in [5.41, 5.74) is 3.23. The molecule has 0 unspecified atom stereocenters. The highest BCUT2D eigenvalue weighted by atomic mass is 32.2. The van der Waals surface area contributed by atoms with Gasteiger partial charge in [0.15, 0.2) is 5.78 Å². The number of aryl methyl sites for hydroxylation is 3. The van der Waals surface area contributed by atoms with Crippen molar-refractivity contribution in [2.24, 2.45) is 0 Å². The summed E-state index contributed by atoms with van der Waals surface area (Å²) in [6.45, 7) is 6.17. The normalized spacial score (nSPS) is 11.0. The molecule has 124 valence electrons. The quantitative estimate of drug-likeness (QED) is 0.494. The zero-order chi connectivity index (χ0) is 17.1. The number of aromatic nitrogens is 4. The Balaban J connectivity index is 1.75. The number of ketones is 1. The molecule has 3 aromatic rings. The lowest BCUT2D eigenvalue weighted by Gasteiger charge is -2.08. The van der Waals surface area contributed by atoms with Gasteiger partial charge in [-0.1, -0.05) is 36.4 Å². The third-order valence-electron chi connectivity index (χ3n) is 3.64. The summed E-state index contributed by atoms with van der Waals surface area (Å²) in [5.74, 6) is 0.439. The van der Waals surface area contributed by atoms with Crippen molar-refractivity contribution in [1.29, 1.82) is 0 Å². The predicted octanol–water partition coefficient (Wildman–Crippen LogP) is 3.88. The van der Waals surface area contributed by atoms with Crippen molar-refractivity contribution >= 4 is 28.9 Å². The number of hydrogen-bond donors (Lipinski definition) is 0. The van der Waals surface area contributed by atoms with Gasteiger partial charge in [0.25, 0.3) is 0 Å². The maximum atomic E-state index is 12.3. The van der Waals surface area contributed by atoms with E-state index in [2.05, 4.69) is 35.4 Å². The van der Waals surface area contributed by atoms with Gasteiger partial charge in [-0.15, -0.1) is 16.4 Å². The van der Waals surface area contributed by atoms with Gasteiger partial charge in [-0.25, -0.2) is 0 Å². The highest BCUT2D eigenvalue weighted by molar-refractivity contribution is 7.99. The Hall–Kier alpha value is -1.99. The molecule has 3 rings (SSSR count). The minimum Gasteiger partial charge on any atom is -0.292 e. The maximum Gasteiger partial charge on any atom is 0.214 e. The van der Waals surface area contributed by atoms with Gasteiger partial charge in [-0.05, 0) is 54.5 Å². The molecule has 0 saturated heterocycles. The monoisotopic (exact) mass is 358 g/mol. The predicted molar refractivity (Wildman–Crippen MR) is 97.4 cm³/mol. The molecule has 2 heterocycles. The molecule has 0 aliphatic rings. The number of Topliss-reactive ketones (excluding diaryl/α,β-unsaturated/α-hetero) is 1. The first-order valence-corrected chi connectivity index (χ1v) is 9.49. The van der Waals surface area contributed by atoms with Crippen LogP contribution in [-0.2, 0) is 6.42 Å². The van der Waals surface area contributed by atoms with E-state index in [0.29, 0.717) is 10.9 Å². The SMILES string of the molecule is CCc1ccc(C(=O)CSc2nnnn2-c2ccc(C)cc2C)s1. The lowest BCUT2D eigenvalue weighted by Crippen LogP contribution is -2.05. The van der Waals surface area contributed by atoms with Gasteiger partial charge >= 0.3 is 0 Å². The van der Waals surface area contributed by atoms with Crippen LogP contribution in [0, 0.1) is 13.8 Å². The summed E-state index contributed by atoms with van der Waals surface area (Å²) in [7, 11) is 0. The molecular formula is C17H18N4OS2. The molecular weight excluding hydrogens is 340 g/mol. The van der Waals surface area contributed by atoms with Crippen molar-refractivity contribution < 1.29 is 4.79 Å². The number of rotatable bonds is 6. The molecule has 7 heteroatoms. The van der Waals surface area contributed by atoms with Crippen molar-refractivity contribution in [2.45, 2.75) is 32.3 Å². The van der Waals surface area contributed by atoms with E-state index < -0.39 is 0 Å². The molecule has 0 bridgehead atoms. The van der Waals surface area contributed by atoms with E-state index in [4.69, 9.17) is 0 Å². The molecule has 0 fully saturated rings. The average Bonchev–Trinajstić information content (AvgIpc) is 3.22. The first kappa shape index (κ1) is 16.9. The second-order valence-electron chi connectivity index (χ2n) is 5.49. The molecule has 0 aliphatic carbocycles. The van der Waals surface area contributed by atoms with E-state index in [1.807, 2.05) is 31.2 Å². The summed E-state index contributed by atoms with van der Waals surface area (Å²) >= 11 is 2.93. The molecule has 24 heavy (non-hydrogen) atoms. The number of nitrogens with zero attached hydrogens (tertiary/aromatic N) is 4. The van der Waals surface area contributed by atoms with Crippen LogP contribution in [0.5, 0.6) is 0 Å². The van der Waals surface area contributed by atoms with Crippen molar-refractivity contribution in [3.05, 3.63) is 51.2 Å². The van der Waals surface area contributed by atoms with E-state index in [1.54, 1.807) is 16.0 Å². The maximum absolute atomic E-state index is 12.3. The summed E-state index contributed by atoms with van der Waals surface area (Å²) in [4.78, 5) is 14.4. The first-order valence-electron chi connectivity index (χ1n) is 7.69. The van der Waals surface area contributed by atoms with E-state index in [-0.39, 0.29) is 5.78 Å². The van der Waals surface area contributed by atoms with Crippen LogP contribution in [0.2, 0.25) is 0 Å². The Morgan fingerprint density at radius 3 is 2.79 bits per heavy atom. The fourth-order valence-electron chi connectivity index (χ4n) is 2.38. The molecule has 2 aromatic heterocycles. The van der Waals surface area contributed by atoms with Gasteiger partial charge in [0.2, 0.25) is 5.16 Å². The van der Waals surface area contributed by atoms with Crippen LogP contribution in [0.15, 0.2) is 35.5 Å². The van der Waals surface area contributed by atoms with Crippen LogP contribution in [-0.4, -0.2) is 31.7 Å². The third kappa shape index (κ3) is 3.57. The van der Waals surface area contributed by atoms with Crippen LogP contribution < -0.4 is 0 Å². The van der Waals surface area contributed by atoms with Crippen molar-refractivity contribution in [3.63, 3.8) is 0 Å². The summed E-state index contributed by atoms with van der Waals surface area (Å²) < 4.78 is 1.69. The largest absolute Gasteiger partial charge is 0.292 e. The number of tetrazole rings is 1. The lowest BCUT2D eigenvalue weighted by molar-refractivity contribution is 0.102. The Kier molecular flexibility index (Phi) is 5.11. The highest BCUT2D eigenvalue weighted by Gasteiger charge is 2.15. The fourth-order valence-corrected chi connectivity index (χ4v) is 4.13. The number of carbonyl (C=O) groups excluding carboxylic acids is 1. The van der Waals surface area contributed by atoms with E-state index in [0.717, 1.165) is 22.5 Å². The number of thiophene rings is 1. The second kappa shape index (κ2) is 7.27. The average molecular weight is 358 g/mol. The van der Waals surface area contributed by atoms with Gasteiger partial charge < -0.3 is 0 Å². The molecule has 1 aromatic carbocycles. The Morgan fingerprint density at radius 2 is 2.08 bits per heavy atom. The minimum atomic E-state index is 0.111. The Labute approximate surface area is 149 Å². The van der Waals surface area contributed by atoms with E-state index in [9.17, 15) is 4.79 Å². The van der Waals surface area contributed by atoms with E-state index in [1.165, 1.54) is 22.2 Å². The standard InChI is InChI=1S/C17H18N4OS2/c1-4-13-6-8-16(24-13)15(22)10-23-17-18-19-20-21(17)14-7-5-11(2)9-12(14)3/h5-9H,4,10H2,1-3H3. The van der Waals surface area contributed by atoms with E-state index >= 15 is 0 Å². The highest BCUT2D eigenvalue weighted by Crippen LogP contribution is 2.24. The molecule has 0 spiro atoms. The molecule has 0 radical (unpaired) electrons. The zero-order valence-corrected chi connectivity index (χ0v) is 15.4. The number of benzene rings is 1. The Bertz CT molecular complexity index is 869. The smallest absolute Gasteiger partial charge is 0.214 e. The fraction of sp³-hybridized carbons (Fsp3) is 0.294. The topological polar surface area (TPSA) is 60.7 Å². The van der Waals surface area contributed by atoms with Crippen LogP contribution in [0.3, 0.4) is 0 Å². The minimum absolute atomic E-state index is 0.111. The zero-order valence-electron chi connectivity index (χ0n) is 13.8. The summed E-state index contributed by atoms with van der Waals surface area (Å²) in [6, 6.07) is 10.0. The van der Waals surface area contributed by atoms with Gasteiger partial charge in [0, 0.05) is 4.88 Å². The van der Waals surface area contributed by atoms with Crippen LogP contribution >= 0.6 is 23.1 Å². The number of thioether (sulfide) groups is 1. The summed E-state index contributed by atoms with van der Waals surface area (Å²) in [5, 5.41) is 12.5. The molecule has 5 nitrogen and oxygen atoms in total. The van der Waals surface area contributed by atoms with Gasteiger partial charge in [-0.2, -0.15) is 4.68 Å². The molecule has 0 atom stereocenters. The molecule has 0 saturated carbocycles. The van der Waals surface area contributed by atoms with Gasteiger partial charge in [0.1, 0.15) is 0 Å². The molecule has 0 amide bonds. The second-order valence-corrected chi connectivity index (χ2v) is 7.61. The van der Waals surface area contributed by atoms with Crippen LogP contribution in [0.4, 0.5) is 0 Å². The van der Waals surface area contributed by atoms with Crippen molar-refractivity contribution in [1.82, 2.24) is 20.2 Å². The van der Waals surface area contributed by atoms with Crippen LogP contribution in [0.25, 0.3) is 5.69 Å². The van der Waals surface area contributed by atoms with Crippen molar-refractivity contribution in [3.8, 4) is 5.69 Å². The number of carbonyl (C=O) groups is 1. The first-order chi connectivity index (χ1) is 11.6.